The van der Waals surface area contributed by atoms with Crippen LogP contribution in [0.3, 0.4) is 0 Å². The number of halogens is 2. The van der Waals surface area contributed by atoms with E-state index in [-0.39, 0.29) is 5.91 Å². The predicted octanol–water partition coefficient (Wildman–Crippen LogP) is 4.65. The average molecular weight is 360 g/mol. The number of thiophene rings is 1. The smallest absolute Gasteiger partial charge is 0.224 e. The molecule has 0 aliphatic rings. The van der Waals surface area contributed by atoms with Crippen molar-refractivity contribution in [3.63, 3.8) is 0 Å². The zero-order valence-corrected chi connectivity index (χ0v) is 14.4. The predicted molar refractivity (Wildman–Crippen MR) is 93.7 cm³/mol. The van der Waals surface area contributed by atoms with E-state index in [0.717, 1.165) is 17.1 Å². The summed E-state index contributed by atoms with van der Waals surface area (Å²) in [5, 5.41) is 8.12. The molecule has 1 aromatic heterocycles. The Morgan fingerprint density at radius 3 is 2.76 bits per heavy atom. The molecule has 112 valence electrons. The number of benzene rings is 1. The molecule has 0 aliphatic carbocycles. The van der Waals surface area contributed by atoms with Gasteiger partial charge in [0, 0.05) is 18.1 Å². The van der Waals surface area contributed by atoms with Gasteiger partial charge in [-0.2, -0.15) is 23.1 Å². The maximum absolute atomic E-state index is 11.8. The summed E-state index contributed by atoms with van der Waals surface area (Å²) in [6, 6.07) is 7.39. The molecular weight excluding hydrogens is 345 g/mol. The van der Waals surface area contributed by atoms with E-state index in [1.165, 1.54) is 5.56 Å². The first kappa shape index (κ1) is 16.7. The van der Waals surface area contributed by atoms with Crippen LogP contribution in [0.5, 0.6) is 0 Å². The van der Waals surface area contributed by atoms with Crippen LogP contribution in [0, 0.1) is 0 Å². The van der Waals surface area contributed by atoms with Crippen LogP contribution in [-0.4, -0.2) is 18.2 Å². The molecule has 1 aromatic carbocycles. The number of rotatable bonds is 7. The summed E-state index contributed by atoms with van der Waals surface area (Å²) in [5.41, 5.74) is 2.21. The van der Waals surface area contributed by atoms with E-state index in [0.29, 0.717) is 23.0 Å². The van der Waals surface area contributed by atoms with E-state index < -0.39 is 0 Å². The summed E-state index contributed by atoms with van der Waals surface area (Å²) < 4.78 is 0. The van der Waals surface area contributed by atoms with Gasteiger partial charge in [0.2, 0.25) is 5.91 Å². The lowest BCUT2D eigenvalue weighted by atomic mass is 10.1. The van der Waals surface area contributed by atoms with Gasteiger partial charge in [0.1, 0.15) is 0 Å². The van der Waals surface area contributed by atoms with E-state index in [2.05, 4.69) is 22.1 Å². The fourth-order valence-electron chi connectivity index (χ4n) is 1.72. The molecular formula is C15H15Cl2NOS2. The lowest BCUT2D eigenvalue weighted by Crippen LogP contribution is -2.27. The molecule has 21 heavy (non-hydrogen) atoms. The van der Waals surface area contributed by atoms with E-state index in [4.69, 9.17) is 23.2 Å². The van der Waals surface area contributed by atoms with Gasteiger partial charge in [-0.3, -0.25) is 4.79 Å². The first-order chi connectivity index (χ1) is 10.1. The molecule has 1 heterocycles. The second kappa shape index (κ2) is 8.69. The highest BCUT2D eigenvalue weighted by molar-refractivity contribution is 7.98. The number of carbonyl (C=O) groups is 1. The van der Waals surface area contributed by atoms with Gasteiger partial charge in [-0.25, -0.2) is 0 Å². The fourth-order valence-corrected chi connectivity index (χ4v) is 3.63. The zero-order valence-electron chi connectivity index (χ0n) is 11.3. The standard InChI is InChI=1S/C15H15Cl2NOS2/c16-13-2-1-11(7-14(13)17)8-15(19)18-4-6-21-10-12-3-5-20-9-12/h1-3,5,7,9H,4,6,8,10H2,(H,18,19). The van der Waals surface area contributed by atoms with Crippen molar-refractivity contribution in [2.75, 3.05) is 12.3 Å². The van der Waals surface area contributed by atoms with Gasteiger partial charge in [0.25, 0.3) is 0 Å². The summed E-state index contributed by atoms with van der Waals surface area (Å²) in [4.78, 5) is 11.8. The van der Waals surface area contributed by atoms with Crippen LogP contribution in [0.4, 0.5) is 0 Å². The quantitative estimate of drug-likeness (QED) is 0.729. The maximum atomic E-state index is 11.8. The van der Waals surface area contributed by atoms with E-state index in [1.54, 1.807) is 23.5 Å². The van der Waals surface area contributed by atoms with Gasteiger partial charge in [-0.05, 0) is 40.1 Å². The topological polar surface area (TPSA) is 29.1 Å². The molecule has 1 amide bonds. The van der Waals surface area contributed by atoms with Gasteiger partial charge in [0.15, 0.2) is 0 Å². The van der Waals surface area contributed by atoms with Gasteiger partial charge >= 0.3 is 0 Å². The van der Waals surface area contributed by atoms with Crippen molar-refractivity contribution in [1.29, 1.82) is 0 Å². The SMILES string of the molecule is O=C(Cc1ccc(Cl)c(Cl)c1)NCCSCc1ccsc1. The van der Waals surface area contributed by atoms with E-state index in [1.807, 2.05) is 17.8 Å². The summed E-state index contributed by atoms with van der Waals surface area (Å²) in [7, 11) is 0. The van der Waals surface area contributed by atoms with Crippen molar-refractivity contribution in [3.8, 4) is 0 Å². The molecule has 0 unspecified atom stereocenters. The summed E-state index contributed by atoms with van der Waals surface area (Å²) in [6.45, 7) is 0.676. The number of amides is 1. The highest BCUT2D eigenvalue weighted by Gasteiger charge is 2.05. The molecule has 0 atom stereocenters. The Labute approximate surface area is 142 Å². The average Bonchev–Trinajstić information content (AvgIpc) is 2.96. The van der Waals surface area contributed by atoms with Crippen LogP contribution in [0.25, 0.3) is 0 Å². The van der Waals surface area contributed by atoms with Crippen LogP contribution >= 0.6 is 46.3 Å². The molecule has 0 fully saturated rings. The zero-order chi connectivity index (χ0) is 15.1. The van der Waals surface area contributed by atoms with Crippen LogP contribution in [0.1, 0.15) is 11.1 Å². The summed E-state index contributed by atoms with van der Waals surface area (Å²) in [6.07, 6.45) is 0.325. The van der Waals surface area contributed by atoms with Gasteiger partial charge in [-0.15, -0.1) is 0 Å². The highest BCUT2D eigenvalue weighted by atomic mass is 35.5. The minimum Gasteiger partial charge on any atom is -0.355 e. The summed E-state index contributed by atoms with van der Waals surface area (Å²) in [5.74, 6) is 1.90. The molecule has 6 heteroatoms. The highest BCUT2D eigenvalue weighted by Crippen LogP contribution is 2.22. The first-order valence-electron chi connectivity index (χ1n) is 6.44. The Morgan fingerprint density at radius 1 is 1.19 bits per heavy atom. The number of carbonyl (C=O) groups excluding carboxylic acids is 1. The van der Waals surface area contributed by atoms with Gasteiger partial charge in [-0.1, -0.05) is 29.3 Å². The normalized spacial score (nSPS) is 10.6. The van der Waals surface area contributed by atoms with Crippen molar-refractivity contribution in [1.82, 2.24) is 5.32 Å². The second-order valence-corrected chi connectivity index (χ2v) is 7.16. The lowest BCUT2D eigenvalue weighted by Gasteiger charge is -2.06. The minimum absolute atomic E-state index is 0.00419. The molecule has 0 spiro atoms. The molecule has 0 saturated carbocycles. The molecule has 0 aliphatic heterocycles. The Morgan fingerprint density at radius 2 is 2.05 bits per heavy atom. The second-order valence-electron chi connectivity index (χ2n) is 4.46. The van der Waals surface area contributed by atoms with Crippen LogP contribution in [-0.2, 0) is 17.0 Å². The van der Waals surface area contributed by atoms with Crippen molar-refractivity contribution < 1.29 is 4.79 Å². The van der Waals surface area contributed by atoms with Gasteiger partial charge < -0.3 is 5.32 Å². The van der Waals surface area contributed by atoms with Crippen molar-refractivity contribution >= 4 is 52.2 Å². The number of hydrogen-bond acceptors (Lipinski definition) is 3. The van der Waals surface area contributed by atoms with Crippen LogP contribution in [0.15, 0.2) is 35.0 Å². The van der Waals surface area contributed by atoms with Crippen LogP contribution in [0.2, 0.25) is 10.0 Å². The van der Waals surface area contributed by atoms with E-state index >= 15 is 0 Å². The molecule has 0 bridgehead atoms. The first-order valence-corrected chi connectivity index (χ1v) is 9.30. The molecule has 2 nitrogen and oxygen atoms in total. The van der Waals surface area contributed by atoms with Crippen molar-refractivity contribution in [2.45, 2.75) is 12.2 Å². The minimum atomic E-state index is 0.00419. The Bertz CT molecular complexity index is 587. The Balaban J connectivity index is 1.64. The lowest BCUT2D eigenvalue weighted by molar-refractivity contribution is -0.120. The summed E-state index contributed by atoms with van der Waals surface area (Å²) >= 11 is 15.3. The molecule has 2 aromatic rings. The maximum Gasteiger partial charge on any atom is 0.224 e. The van der Waals surface area contributed by atoms with Crippen molar-refractivity contribution in [2.24, 2.45) is 0 Å². The molecule has 0 radical (unpaired) electrons. The van der Waals surface area contributed by atoms with Gasteiger partial charge in [0.05, 0.1) is 16.5 Å². The molecule has 0 saturated heterocycles. The third-order valence-electron chi connectivity index (χ3n) is 2.77. The molecule has 2 rings (SSSR count). The third kappa shape index (κ3) is 5.91. The number of thioether (sulfide) groups is 1. The van der Waals surface area contributed by atoms with Crippen LogP contribution < -0.4 is 5.32 Å². The number of nitrogens with one attached hydrogen (secondary N) is 1. The monoisotopic (exact) mass is 359 g/mol. The molecule has 1 N–H and O–H groups in total. The van der Waals surface area contributed by atoms with Crippen molar-refractivity contribution in [3.05, 3.63) is 56.2 Å². The Hall–Kier alpha value is -0.680. The van der Waals surface area contributed by atoms with E-state index in [9.17, 15) is 4.79 Å². The Kier molecular flexibility index (Phi) is 6.90. The third-order valence-corrected chi connectivity index (χ3v) is 5.27. The fraction of sp³-hybridized carbons (Fsp3) is 0.267. The largest absolute Gasteiger partial charge is 0.355 e. The number of hydrogen-bond donors (Lipinski definition) is 1.